The Labute approximate surface area is 187 Å². The second-order valence-corrected chi connectivity index (χ2v) is 8.51. The number of nitrogens with zero attached hydrogens (tertiary/aromatic N) is 6. The number of aromatic nitrogens is 6. The third kappa shape index (κ3) is 4.97. The van der Waals surface area contributed by atoms with Gasteiger partial charge in [-0.05, 0) is 36.2 Å². The molecule has 0 unspecified atom stereocenters. The number of amides is 1. The number of furan rings is 1. The van der Waals surface area contributed by atoms with Gasteiger partial charge in [-0.15, -0.1) is 10.2 Å². The van der Waals surface area contributed by atoms with Crippen molar-refractivity contribution in [2.45, 2.75) is 25.5 Å². The summed E-state index contributed by atoms with van der Waals surface area (Å²) in [6.07, 6.45) is 4.58. The number of hydrogen-bond acceptors (Lipinski definition) is 7. The van der Waals surface area contributed by atoms with Gasteiger partial charge in [-0.3, -0.25) is 9.36 Å². The number of nitrogens with one attached hydrogen (secondary N) is 1. The average Bonchev–Trinajstić information content (AvgIpc) is 3.48. The smallest absolute Gasteiger partial charge is 0.234 e. The molecular formula is C20H20ClN7O2S. The summed E-state index contributed by atoms with van der Waals surface area (Å²) >= 11 is 7.43. The van der Waals surface area contributed by atoms with Crippen LogP contribution < -0.4 is 5.32 Å². The van der Waals surface area contributed by atoms with Crippen LogP contribution in [0.1, 0.15) is 13.8 Å². The number of hydrogen-bond donors (Lipinski definition) is 1. The summed E-state index contributed by atoms with van der Waals surface area (Å²) in [5.41, 5.74) is 1.21. The van der Waals surface area contributed by atoms with E-state index in [4.69, 9.17) is 16.0 Å². The Balaban J connectivity index is 1.50. The Morgan fingerprint density at radius 1 is 1.29 bits per heavy atom. The van der Waals surface area contributed by atoms with E-state index in [1.807, 2.05) is 16.7 Å². The van der Waals surface area contributed by atoms with Crippen LogP contribution in [0.5, 0.6) is 0 Å². The molecule has 0 aliphatic rings. The largest absolute Gasteiger partial charge is 0.461 e. The molecule has 1 aromatic carbocycles. The molecule has 160 valence electrons. The minimum atomic E-state index is -0.202. The maximum absolute atomic E-state index is 12.7. The lowest BCUT2D eigenvalue weighted by Crippen LogP contribution is -2.17. The van der Waals surface area contributed by atoms with Crippen molar-refractivity contribution in [3.8, 4) is 17.3 Å². The lowest BCUT2D eigenvalue weighted by atomic mass is 10.2. The molecule has 31 heavy (non-hydrogen) atoms. The second-order valence-electron chi connectivity index (χ2n) is 7.13. The third-order valence-electron chi connectivity index (χ3n) is 4.24. The van der Waals surface area contributed by atoms with E-state index in [0.717, 1.165) is 0 Å². The molecule has 4 aromatic rings. The highest BCUT2D eigenvalue weighted by molar-refractivity contribution is 7.99. The molecule has 0 bridgehead atoms. The fourth-order valence-corrected chi connectivity index (χ4v) is 3.89. The van der Waals surface area contributed by atoms with E-state index in [0.29, 0.717) is 45.6 Å². The quantitative estimate of drug-likeness (QED) is 0.396. The number of benzene rings is 1. The van der Waals surface area contributed by atoms with Gasteiger partial charge in [-0.2, -0.15) is 5.10 Å². The van der Waals surface area contributed by atoms with Crippen molar-refractivity contribution in [1.82, 2.24) is 29.5 Å². The monoisotopic (exact) mass is 457 g/mol. The van der Waals surface area contributed by atoms with Crippen LogP contribution in [-0.2, 0) is 11.3 Å². The average molecular weight is 458 g/mol. The minimum absolute atomic E-state index is 0.150. The number of anilines is 1. The molecule has 3 aromatic heterocycles. The van der Waals surface area contributed by atoms with E-state index >= 15 is 0 Å². The molecule has 11 heteroatoms. The zero-order chi connectivity index (χ0) is 21.8. The number of halogens is 1. The molecule has 0 saturated carbocycles. The van der Waals surface area contributed by atoms with E-state index in [9.17, 15) is 4.79 Å². The van der Waals surface area contributed by atoms with E-state index in [1.54, 1.807) is 35.5 Å². The van der Waals surface area contributed by atoms with Gasteiger partial charge in [-0.1, -0.05) is 37.2 Å². The molecular weight excluding hydrogens is 438 g/mol. The molecule has 4 rings (SSSR count). The Morgan fingerprint density at radius 2 is 2.16 bits per heavy atom. The molecule has 0 saturated heterocycles. The van der Waals surface area contributed by atoms with Crippen molar-refractivity contribution in [3.63, 3.8) is 0 Å². The summed E-state index contributed by atoms with van der Waals surface area (Å²) in [6.45, 7) is 4.92. The first-order chi connectivity index (χ1) is 15.0. The van der Waals surface area contributed by atoms with Crippen LogP contribution in [0.4, 0.5) is 5.69 Å². The zero-order valence-electron chi connectivity index (χ0n) is 16.9. The lowest BCUT2D eigenvalue weighted by Gasteiger charge is -2.13. The van der Waals surface area contributed by atoms with Crippen LogP contribution in [-0.4, -0.2) is 41.2 Å². The number of thioether (sulfide) groups is 1. The molecule has 0 aliphatic carbocycles. The molecule has 0 radical (unpaired) electrons. The second kappa shape index (κ2) is 9.36. The summed E-state index contributed by atoms with van der Waals surface area (Å²) < 4.78 is 9.02. The minimum Gasteiger partial charge on any atom is -0.461 e. The highest BCUT2D eigenvalue weighted by atomic mass is 35.5. The van der Waals surface area contributed by atoms with E-state index < -0.39 is 0 Å². The predicted octanol–water partition coefficient (Wildman–Crippen LogP) is 4.16. The molecule has 0 fully saturated rings. The van der Waals surface area contributed by atoms with Crippen molar-refractivity contribution in [3.05, 3.63) is 54.3 Å². The Hall–Kier alpha value is -3.11. The maximum Gasteiger partial charge on any atom is 0.234 e. The van der Waals surface area contributed by atoms with Crippen molar-refractivity contribution < 1.29 is 9.21 Å². The lowest BCUT2D eigenvalue weighted by molar-refractivity contribution is -0.113. The van der Waals surface area contributed by atoms with Crippen LogP contribution in [0.15, 0.2) is 58.8 Å². The first-order valence-corrected chi connectivity index (χ1v) is 10.9. The van der Waals surface area contributed by atoms with Crippen molar-refractivity contribution in [1.29, 1.82) is 0 Å². The van der Waals surface area contributed by atoms with Gasteiger partial charge in [0.05, 0.1) is 23.4 Å². The van der Waals surface area contributed by atoms with Crippen LogP contribution in [0.3, 0.4) is 0 Å². The number of carbonyl (C=O) groups excluding carboxylic acids is 1. The Bertz CT molecular complexity index is 1160. The predicted molar refractivity (Wildman–Crippen MR) is 118 cm³/mol. The van der Waals surface area contributed by atoms with Gasteiger partial charge in [0.1, 0.15) is 12.7 Å². The molecule has 0 atom stereocenters. The van der Waals surface area contributed by atoms with Gasteiger partial charge in [-0.25, -0.2) is 9.67 Å². The Kier molecular flexibility index (Phi) is 6.38. The molecule has 9 nitrogen and oxygen atoms in total. The Morgan fingerprint density at radius 3 is 2.87 bits per heavy atom. The molecule has 0 spiro atoms. The molecule has 3 heterocycles. The normalized spacial score (nSPS) is 11.2. The maximum atomic E-state index is 12.7. The first-order valence-electron chi connectivity index (χ1n) is 9.55. The fraction of sp³-hybridized carbons (Fsp3) is 0.250. The zero-order valence-corrected chi connectivity index (χ0v) is 18.5. The highest BCUT2D eigenvalue weighted by Gasteiger charge is 2.19. The fourth-order valence-electron chi connectivity index (χ4n) is 2.97. The van der Waals surface area contributed by atoms with Crippen molar-refractivity contribution in [2.75, 3.05) is 11.1 Å². The van der Waals surface area contributed by atoms with Crippen LogP contribution in [0, 0.1) is 5.92 Å². The topological polar surface area (TPSA) is 104 Å². The third-order valence-corrected chi connectivity index (χ3v) is 5.44. The van der Waals surface area contributed by atoms with Crippen molar-refractivity contribution >= 4 is 35.0 Å². The van der Waals surface area contributed by atoms with Gasteiger partial charge in [0.25, 0.3) is 0 Å². The number of carbonyl (C=O) groups is 1. The molecule has 0 aliphatic heterocycles. The van der Waals surface area contributed by atoms with E-state index in [1.165, 1.54) is 18.1 Å². The first kappa shape index (κ1) is 21.1. The van der Waals surface area contributed by atoms with Crippen LogP contribution in [0.2, 0.25) is 5.02 Å². The van der Waals surface area contributed by atoms with E-state index in [2.05, 4.69) is 39.4 Å². The summed E-state index contributed by atoms with van der Waals surface area (Å²) in [7, 11) is 0. The van der Waals surface area contributed by atoms with E-state index in [-0.39, 0.29) is 11.7 Å². The SMILES string of the molecule is CC(C)Cn1c(SCC(=O)Nc2cc(Cl)ccc2-n2cncn2)nnc1-c1ccco1. The van der Waals surface area contributed by atoms with Gasteiger partial charge in [0.15, 0.2) is 16.7 Å². The van der Waals surface area contributed by atoms with Gasteiger partial charge >= 0.3 is 0 Å². The van der Waals surface area contributed by atoms with Crippen LogP contribution in [0.25, 0.3) is 17.3 Å². The number of rotatable bonds is 8. The van der Waals surface area contributed by atoms with Gasteiger partial charge < -0.3 is 9.73 Å². The standard InChI is InChI=1S/C20H20ClN7O2S/c1-13(2)9-27-19(17-4-3-7-30-17)25-26-20(27)31-10-18(29)24-15-8-14(21)5-6-16(15)28-12-22-11-23-28/h3-8,11-13H,9-10H2,1-2H3,(H,24,29). The summed E-state index contributed by atoms with van der Waals surface area (Å²) in [5, 5.41) is 16.7. The van der Waals surface area contributed by atoms with Gasteiger partial charge in [0, 0.05) is 11.6 Å². The van der Waals surface area contributed by atoms with Crippen molar-refractivity contribution in [2.24, 2.45) is 5.92 Å². The van der Waals surface area contributed by atoms with Gasteiger partial charge in [0.2, 0.25) is 5.91 Å². The summed E-state index contributed by atoms with van der Waals surface area (Å²) in [6, 6.07) is 8.83. The summed E-state index contributed by atoms with van der Waals surface area (Å²) in [5.74, 6) is 1.60. The highest BCUT2D eigenvalue weighted by Crippen LogP contribution is 2.27. The van der Waals surface area contributed by atoms with Crippen LogP contribution >= 0.6 is 23.4 Å². The molecule has 1 N–H and O–H groups in total. The summed E-state index contributed by atoms with van der Waals surface area (Å²) in [4.78, 5) is 16.6. The molecule has 1 amide bonds.